The smallest absolute Gasteiger partial charge is 0.522 e. The minimum absolute atomic E-state index is 0.0210. The number of nitrogens with one attached hydrogen (secondary N) is 2. The summed E-state index contributed by atoms with van der Waals surface area (Å²) in [5.74, 6) is -2.61. The topological polar surface area (TPSA) is 554 Å². The molecule has 446 valence electrons. The van der Waals surface area contributed by atoms with Crippen molar-refractivity contribution in [1.82, 2.24) is 53.6 Å². The number of rotatable bonds is 22. The summed E-state index contributed by atoms with van der Waals surface area (Å²) in [6.07, 6.45) is -20.2. The van der Waals surface area contributed by atoms with Crippen molar-refractivity contribution in [2.24, 2.45) is 13.0 Å². The van der Waals surface area contributed by atoms with Gasteiger partial charge in [0.15, 0.2) is 41.4 Å². The predicted molar refractivity (Wildman–Crippen MR) is 251 cm³/mol. The second-order valence-electron chi connectivity index (χ2n) is 17.7. The molecule has 3 aliphatic rings. The van der Waals surface area contributed by atoms with Crippen molar-refractivity contribution in [2.45, 2.75) is 80.3 Å². The summed E-state index contributed by atoms with van der Waals surface area (Å²) in [6.45, 7) is -4.80. The second-order valence-corrected chi connectivity index (χ2v) is 23.7. The van der Waals surface area contributed by atoms with E-state index in [1.165, 1.54) is 16.2 Å². The number of anilines is 3. The van der Waals surface area contributed by atoms with Gasteiger partial charge >= 0.3 is 35.5 Å². The Morgan fingerprint density at radius 3 is 2.07 bits per heavy atom. The summed E-state index contributed by atoms with van der Waals surface area (Å²) in [5.41, 5.74) is 15.0. The number of nitrogens with two attached hydrogens (primary N) is 3. The third-order valence-corrected chi connectivity index (χ3v) is 17.7. The van der Waals surface area contributed by atoms with Gasteiger partial charge < -0.3 is 80.1 Å². The van der Waals surface area contributed by atoms with Crippen LogP contribution in [0.1, 0.15) is 25.1 Å². The van der Waals surface area contributed by atoms with E-state index in [0.29, 0.717) is 0 Å². The van der Waals surface area contributed by atoms with Crippen molar-refractivity contribution in [2.75, 3.05) is 50.7 Å². The average molecular weight is 1240 g/mol. The van der Waals surface area contributed by atoms with Gasteiger partial charge in [0.1, 0.15) is 48.5 Å². The zero-order chi connectivity index (χ0) is 58.9. The number of nitrogen functional groups attached to an aromatic ring is 3. The van der Waals surface area contributed by atoms with Gasteiger partial charge in [-0.3, -0.25) is 51.6 Å². The number of halogens is 3. The summed E-state index contributed by atoms with van der Waals surface area (Å²) < 4.78 is 152. The Balaban J connectivity index is 0.853. The van der Waals surface area contributed by atoms with E-state index in [4.69, 9.17) is 54.2 Å². The third kappa shape index (κ3) is 12.9. The van der Waals surface area contributed by atoms with Crippen LogP contribution in [0.15, 0.2) is 34.9 Å². The van der Waals surface area contributed by atoms with E-state index < -0.39 is 161 Å². The van der Waals surface area contributed by atoms with E-state index in [0.717, 1.165) is 41.6 Å². The maximum Gasteiger partial charge on any atom is 0.522 e. The maximum atomic E-state index is 13.6. The molecular formula is C35H46F3N15O24P4. The van der Waals surface area contributed by atoms with Gasteiger partial charge in [-0.1, -0.05) is 4.98 Å². The Morgan fingerprint density at radius 1 is 0.753 bits per heavy atom. The van der Waals surface area contributed by atoms with Crippen LogP contribution in [0.4, 0.5) is 30.9 Å². The van der Waals surface area contributed by atoms with Gasteiger partial charge in [0.05, 0.1) is 58.3 Å². The Hall–Kier alpha value is -5.36. The largest absolute Gasteiger partial charge is 0.756 e. The molecule has 0 radical (unpaired) electrons. The predicted octanol–water partition coefficient (Wildman–Crippen LogP) is -3.16. The van der Waals surface area contributed by atoms with Gasteiger partial charge in [0.2, 0.25) is 17.7 Å². The van der Waals surface area contributed by atoms with Gasteiger partial charge in [-0.05, 0) is 0 Å². The molecular weight excluding hydrogens is 1200 g/mol. The van der Waals surface area contributed by atoms with Crippen LogP contribution in [-0.4, -0.2) is 172 Å². The van der Waals surface area contributed by atoms with E-state index in [1.807, 2.05) is 0 Å². The number of imidazole rings is 3. The number of nitrogens with zero attached hydrogens (tertiary/aromatic N) is 10. The van der Waals surface area contributed by atoms with Crippen LogP contribution in [0.5, 0.6) is 0 Å². The molecule has 9 heterocycles. The number of aryl methyl sites for hydroxylation is 1. The quantitative estimate of drug-likeness (QED) is 0.0236. The number of alkyl halides is 3. The van der Waals surface area contributed by atoms with Crippen LogP contribution in [0.2, 0.25) is 0 Å². The van der Waals surface area contributed by atoms with Gasteiger partial charge in [-0.15, -0.1) is 13.2 Å². The van der Waals surface area contributed by atoms with Crippen LogP contribution in [0.25, 0.3) is 33.5 Å². The van der Waals surface area contributed by atoms with Crippen molar-refractivity contribution in [3.63, 3.8) is 0 Å². The first kappa shape index (κ1) is 60.2. The fourth-order valence-electron chi connectivity index (χ4n) is 8.98. The van der Waals surface area contributed by atoms with Crippen LogP contribution in [0.3, 0.4) is 0 Å². The first-order valence-corrected chi connectivity index (χ1v) is 28.8. The zero-order valence-corrected chi connectivity index (χ0v) is 44.5. The fraction of sp³-hybridized carbons (Fsp3) is 0.571. The highest BCUT2D eigenvalue weighted by Crippen LogP contribution is 2.68. The highest BCUT2D eigenvalue weighted by Gasteiger charge is 2.53. The molecule has 9 rings (SSSR count). The molecule has 0 bridgehead atoms. The molecule has 39 nitrogen and oxygen atoms in total. The number of phosphoric acid groups is 4. The van der Waals surface area contributed by atoms with E-state index in [9.17, 15) is 75.9 Å². The van der Waals surface area contributed by atoms with E-state index >= 15 is 0 Å². The molecule has 0 spiro atoms. The molecule has 0 aromatic carbocycles. The lowest BCUT2D eigenvalue weighted by Gasteiger charge is -2.31. The van der Waals surface area contributed by atoms with Gasteiger partial charge in [-0.2, -0.15) is 13.6 Å². The van der Waals surface area contributed by atoms with Gasteiger partial charge in [0.25, 0.3) is 24.9 Å². The fourth-order valence-corrected chi connectivity index (χ4v) is 13.4. The van der Waals surface area contributed by atoms with Crippen LogP contribution < -0.4 is 37.8 Å². The minimum Gasteiger partial charge on any atom is -0.756 e. The second kappa shape index (κ2) is 22.7. The van der Waals surface area contributed by atoms with E-state index in [2.05, 4.69) is 53.2 Å². The highest BCUT2D eigenvalue weighted by atomic mass is 31.3. The number of aromatic amines is 2. The number of aromatic nitrogens is 12. The number of hydrogen-bond acceptors (Lipinski definition) is 30. The Bertz CT molecular complexity index is 3650. The lowest BCUT2D eigenvalue weighted by molar-refractivity contribution is -0.745. The van der Waals surface area contributed by atoms with Gasteiger partial charge in [-0.25, -0.2) is 38.2 Å². The standard InChI is InChI=1S/C35H46F3N15O24P4/c1-50-11-53(27-18(50)29(58)49-34(41)47-27)30-19(54)12(5-68-35(36,37)38)14(73-30)6-71-80(63,64)77-81(65,66)76-79(61,62)69-4-3-13-22(23(67-2)32(72-13)51-9-44-16-24(39)42-8-43-25(16)51)75-78(59,60)70-7-15-20(55)21(56)31(74-15)52-10-45-17-26(52)46-33(40)48-28(17)57/h8-15,19-23,30-32,54-56H,3-7H2,1-2H3,(H11-,39,40,41,42,43,46,47,48,49,57,58,59,60,61,62,63,64,65,66)/t12-,13-,14-,15-,19-,20-,21-,22-,23-,30-,31-,32-/m1/s1. The molecule has 16 atom stereocenters. The summed E-state index contributed by atoms with van der Waals surface area (Å²) in [6, 6.07) is 0. The molecule has 0 amide bonds. The first-order valence-electron chi connectivity index (χ1n) is 22.8. The summed E-state index contributed by atoms with van der Waals surface area (Å²) in [4.78, 5) is 98.2. The normalized spacial score (nSPS) is 29.3. The van der Waals surface area contributed by atoms with E-state index in [-0.39, 0.29) is 45.3 Å². The first-order chi connectivity index (χ1) is 37.8. The average Bonchev–Trinajstić information content (AvgIpc) is 4.33. The lowest BCUT2D eigenvalue weighted by Crippen LogP contribution is -2.46. The van der Waals surface area contributed by atoms with Crippen molar-refractivity contribution < 1.29 is 121 Å². The SMILES string of the molecule is CO[C@@H]1[C@H](OP(=O)([O-])OC[C@H]2O[C@@H](n3cnc4c(=O)[nH]c(N)nc43)[C@H](O)[C@@H]2O)[C@@H](CCOP(=O)(O)OP(=O)(O)OP(=O)(O)OC[C@H]2O[C@@H]([n+]3cn(C)c4c(=O)[nH]c(N)nc43)[C@H](O)[C@@H]2COC(F)(F)F)O[C@H]1n1cnc2c(N)ncnc21. The summed E-state index contributed by atoms with van der Waals surface area (Å²) in [5, 5.41) is 32.9. The Morgan fingerprint density at radius 2 is 1.38 bits per heavy atom. The third-order valence-electron chi connectivity index (χ3n) is 12.4. The highest BCUT2D eigenvalue weighted by molar-refractivity contribution is 7.66. The van der Waals surface area contributed by atoms with Crippen LogP contribution in [0, 0.1) is 5.92 Å². The molecule has 4 unspecified atom stereocenters. The van der Waals surface area contributed by atoms with Crippen LogP contribution >= 0.6 is 31.3 Å². The number of H-pyrrole nitrogens is 2. The number of phosphoric ester groups is 3. The number of aliphatic hydroxyl groups excluding tert-OH is 3. The molecule has 3 aliphatic heterocycles. The van der Waals surface area contributed by atoms with Gasteiger partial charge in [0, 0.05) is 19.4 Å². The van der Waals surface area contributed by atoms with E-state index in [1.54, 1.807) is 0 Å². The number of ether oxygens (including phenoxy) is 5. The number of methoxy groups -OCH3 is 1. The molecule has 81 heavy (non-hydrogen) atoms. The van der Waals surface area contributed by atoms with Crippen molar-refractivity contribution in [1.29, 1.82) is 0 Å². The monoisotopic (exact) mass is 1240 g/mol. The van der Waals surface area contributed by atoms with Crippen molar-refractivity contribution in [3.8, 4) is 0 Å². The number of aliphatic hydroxyl groups is 3. The molecule has 46 heteroatoms. The summed E-state index contributed by atoms with van der Waals surface area (Å²) in [7, 11) is -21.4. The molecule has 0 saturated carbocycles. The molecule has 6 aromatic rings. The summed E-state index contributed by atoms with van der Waals surface area (Å²) >= 11 is 0. The molecule has 14 N–H and O–H groups in total. The lowest BCUT2D eigenvalue weighted by atomic mass is 9.99. The number of hydrogen-bond donors (Lipinski definition) is 11. The molecule has 6 aromatic heterocycles. The molecule has 3 saturated heterocycles. The maximum absolute atomic E-state index is 13.6. The minimum atomic E-state index is -6.28. The molecule has 0 aliphatic carbocycles. The molecule has 3 fully saturated rings. The van der Waals surface area contributed by atoms with Crippen LogP contribution in [-0.2, 0) is 75.7 Å². The zero-order valence-electron chi connectivity index (χ0n) is 40.9. The van der Waals surface area contributed by atoms with Crippen molar-refractivity contribution >= 4 is 82.5 Å². The number of fused-ring (bicyclic) bond motifs is 3. The Kier molecular flexibility index (Phi) is 16.9. The Labute approximate surface area is 446 Å². The van der Waals surface area contributed by atoms with Crippen molar-refractivity contribution in [3.05, 3.63) is 46.0 Å².